The second kappa shape index (κ2) is 4.02. The molecule has 0 unspecified atom stereocenters. The molecule has 3 rings (SSSR count). The third kappa shape index (κ3) is 1.70. The fourth-order valence-corrected chi connectivity index (χ4v) is 2.52. The van der Waals surface area contributed by atoms with Crippen molar-refractivity contribution in [1.29, 1.82) is 0 Å². The van der Waals surface area contributed by atoms with Gasteiger partial charge in [0.1, 0.15) is 11.6 Å². The van der Waals surface area contributed by atoms with E-state index in [9.17, 15) is 10.2 Å². The Morgan fingerprint density at radius 3 is 2.58 bits per heavy atom. The average Bonchev–Trinajstić information content (AvgIpc) is 2.86. The molecule has 0 bridgehead atoms. The van der Waals surface area contributed by atoms with Crippen molar-refractivity contribution in [2.24, 2.45) is 5.73 Å². The summed E-state index contributed by atoms with van der Waals surface area (Å²) in [7, 11) is 0. The molecule has 0 aliphatic heterocycles. The smallest absolute Gasteiger partial charge is 0.224 e. The molecule has 102 valence electrons. The largest absolute Gasteiger partial charge is 0.389 e. The van der Waals surface area contributed by atoms with Crippen molar-refractivity contribution in [3.8, 4) is 0 Å². The van der Waals surface area contributed by atoms with Crippen LogP contribution in [0, 0.1) is 0 Å². The molecule has 9 nitrogen and oxygen atoms in total. The van der Waals surface area contributed by atoms with Gasteiger partial charge >= 0.3 is 0 Å². The van der Waals surface area contributed by atoms with Gasteiger partial charge in [0.15, 0.2) is 11.5 Å². The summed E-state index contributed by atoms with van der Waals surface area (Å²) in [4.78, 5) is 12.0. The first-order valence-electron chi connectivity index (χ1n) is 5.86. The molecule has 2 heterocycles. The Labute approximate surface area is 108 Å². The maximum Gasteiger partial charge on any atom is 0.224 e. The lowest BCUT2D eigenvalue weighted by atomic mass is 10.2. The Hall–Kier alpha value is -1.97. The number of fused-ring (bicyclic) bond motifs is 1. The number of nitrogens with two attached hydrogens (primary N) is 3. The Morgan fingerprint density at radius 2 is 1.95 bits per heavy atom. The van der Waals surface area contributed by atoms with E-state index in [0.29, 0.717) is 17.6 Å². The second-order valence-corrected chi connectivity index (χ2v) is 4.74. The Bertz CT molecular complexity index is 628. The van der Waals surface area contributed by atoms with Crippen LogP contribution in [0.1, 0.15) is 12.5 Å². The van der Waals surface area contributed by atoms with Gasteiger partial charge in [0, 0.05) is 6.04 Å². The lowest BCUT2D eigenvalue weighted by Gasteiger charge is -2.18. The normalized spacial score (nSPS) is 31.1. The standard InChI is InChI=1S/C10H15N7O2/c11-3-1-4(7(19)6(3)18)17-2-14-5-8(12)15-10(13)16-9(5)17/h2-4,6-7,18-19H,1,11H2,(H4,12,13,15,16)/t3-,4-,6-,7+/m1/s1. The number of aliphatic hydroxyl groups excluding tert-OH is 2. The molecule has 19 heavy (non-hydrogen) atoms. The van der Waals surface area contributed by atoms with E-state index in [1.54, 1.807) is 4.57 Å². The summed E-state index contributed by atoms with van der Waals surface area (Å²) in [6.45, 7) is 0. The van der Waals surface area contributed by atoms with Gasteiger partial charge in [-0.3, -0.25) is 0 Å². The van der Waals surface area contributed by atoms with Crippen molar-refractivity contribution in [2.75, 3.05) is 11.5 Å². The van der Waals surface area contributed by atoms with Gasteiger partial charge in [-0.1, -0.05) is 0 Å². The van der Waals surface area contributed by atoms with Crippen LogP contribution in [0.2, 0.25) is 0 Å². The van der Waals surface area contributed by atoms with Gasteiger partial charge in [-0.2, -0.15) is 9.97 Å². The minimum Gasteiger partial charge on any atom is -0.389 e. The maximum absolute atomic E-state index is 10.0. The van der Waals surface area contributed by atoms with Crippen LogP contribution in [0.4, 0.5) is 11.8 Å². The molecule has 8 N–H and O–H groups in total. The first-order valence-corrected chi connectivity index (χ1v) is 5.86. The Balaban J connectivity index is 2.11. The van der Waals surface area contributed by atoms with Crippen molar-refractivity contribution in [1.82, 2.24) is 19.5 Å². The SMILES string of the molecule is Nc1nc(N)c2ncn([C@@H]3C[C@@H](N)[C@@H](O)[C@H]3O)c2n1. The third-order valence-electron chi connectivity index (χ3n) is 3.52. The first-order chi connectivity index (χ1) is 8.99. The summed E-state index contributed by atoms with van der Waals surface area (Å²) in [5, 5.41) is 19.7. The molecule has 1 aliphatic rings. The van der Waals surface area contributed by atoms with E-state index in [1.165, 1.54) is 6.33 Å². The second-order valence-electron chi connectivity index (χ2n) is 4.74. The molecule has 0 amide bonds. The van der Waals surface area contributed by atoms with Crippen LogP contribution in [0.3, 0.4) is 0 Å². The van der Waals surface area contributed by atoms with Gasteiger partial charge < -0.3 is 32.0 Å². The Morgan fingerprint density at radius 1 is 1.21 bits per heavy atom. The predicted octanol–water partition coefficient (Wildman–Crippen LogP) is -2.02. The van der Waals surface area contributed by atoms with Crippen LogP contribution < -0.4 is 17.2 Å². The molecular weight excluding hydrogens is 250 g/mol. The molecule has 2 aromatic heterocycles. The first kappa shape index (κ1) is 12.1. The molecule has 0 radical (unpaired) electrons. The fraction of sp³-hybridized carbons (Fsp3) is 0.500. The van der Waals surface area contributed by atoms with Gasteiger partial charge in [-0.25, -0.2) is 4.98 Å². The van der Waals surface area contributed by atoms with E-state index in [0.717, 1.165) is 0 Å². The molecule has 0 aromatic carbocycles. The number of nitrogens with zero attached hydrogens (tertiary/aromatic N) is 4. The van der Waals surface area contributed by atoms with Crippen molar-refractivity contribution in [3.05, 3.63) is 6.33 Å². The van der Waals surface area contributed by atoms with Gasteiger partial charge in [-0.05, 0) is 6.42 Å². The van der Waals surface area contributed by atoms with Crippen molar-refractivity contribution in [3.63, 3.8) is 0 Å². The van der Waals surface area contributed by atoms with Crippen LogP contribution in [-0.4, -0.2) is 48.0 Å². The van der Waals surface area contributed by atoms with Crippen LogP contribution in [0.25, 0.3) is 11.2 Å². The highest BCUT2D eigenvalue weighted by Gasteiger charge is 2.41. The van der Waals surface area contributed by atoms with Crippen molar-refractivity contribution >= 4 is 22.9 Å². The maximum atomic E-state index is 10.0. The summed E-state index contributed by atoms with van der Waals surface area (Å²) in [6, 6.07) is -0.905. The number of aliphatic hydroxyl groups is 2. The zero-order valence-electron chi connectivity index (χ0n) is 10.0. The molecular formula is C10H15N7O2. The zero-order valence-corrected chi connectivity index (χ0v) is 10.0. The van der Waals surface area contributed by atoms with E-state index in [1.807, 2.05) is 0 Å². The van der Waals surface area contributed by atoms with Crippen LogP contribution in [-0.2, 0) is 0 Å². The quantitative estimate of drug-likeness (QED) is 0.394. The van der Waals surface area contributed by atoms with Gasteiger partial charge in [0.25, 0.3) is 0 Å². The Kier molecular flexibility index (Phi) is 2.55. The van der Waals surface area contributed by atoms with E-state index in [2.05, 4.69) is 15.0 Å². The van der Waals surface area contributed by atoms with Crippen LogP contribution in [0.5, 0.6) is 0 Å². The average molecular weight is 265 g/mol. The lowest BCUT2D eigenvalue weighted by molar-refractivity contribution is 0.0187. The number of aromatic nitrogens is 4. The van der Waals surface area contributed by atoms with Crippen molar-refractivity contribution in [2.45, 2.75) is 30.7 Å². The molecule has 1 aliphatic carbocycles. The molecule has 1 saturated carbocycles. The van der Waals surface area contributed by atoms with Gasteiger partial charge in [0.05, 0.1) is 18.5 Å². The van der Waals surface area contributed by atoms with Crippen molar-refractivity contribution < 1.29 is 10.2 Å². The highest BCUT2D eigenvalue weighted by molar-refractivity contribution is 5.82. The number of hydrogen-bond donors (Lipinski definition) is 5. The minimum atomic E-state index is -0.982. The third-order valence-corrected chi connectivity index (χ3v) is 3.52. The molecule has 2 aromatic rings. The lowest BCUT2D eigenvalue weighted by Crippen LogP contribution is -2.35. The number of nitrogen functional groups attached to an aromatic ring is 2. The summed E-state index contributed by atoms with van der Waals surface area (Å²) in [5.41, 5.74) is 17.9. The minimum absolute atomic E-state index is 0.0316. The summed E-state index contributed by atoms with van der Waals surface area (Å²) < 4.78 is 1.63. The summed E-state index contributed by atoms with van der Waals surface area (Å²) in [5.74, 6) is 0.211. The van der Waals surface area contributed by atoms with Crippen LogP contribution >= 0.6 is 0 Å². The van der Waals surface area contributed by atoms with Gasteiger partial charge in [0.2, 0.25) is 5.95 Å². The topological polar surface area (TPSA) is 162 Å². The van der Waals surface area contributed by atoms with Gasteiger partial charge in [-0.15, -0.1) is 0 Å². The summed E-state index contributed by atoms with van der Waals surface area (Å²) in [6.07, 6.45) is -0.0467. The molecule has 9 heteroatoms. The molecule has 1 fully saturated rings. The molecule has 4 atom stereocenters. The monoisotopic (exact) mass is 265 g/mol. The van der Waals surface area contributed by atoms with E-state index in [4.69, 9.17) is 17.2 Å². The number of rotatable bonds is 1. The summed E-state index contributed by atoms with van der Waals surface area (Å²) >= 11 is 0. The van der Waals surface area contributed by atoms with E-state index >= 15 is 0 Å². The van der Waals surface area contributed by atoms with Crippen LogP contribution in [0.15, 0.2) is 6.33 Å². The zero-order chi connectivity index (χ0) is 13.7. The molecule has 0 spiro atoms. The van der Waals surface area contributed by atoms with E-state index in [-0.39, 0.29) is 11.8 Å². The predicted molar refractivity (Wildman–Crippen MR) is 67.8 cm³/mol. The number of hydrogen-bond acceptors (Lipinski definition) is 8. The highest BCUT2D eigenvalue weighted by atomic mass is 16.3. The number of imidazole rings is 1. The van der Waals surface area contributed by atoms with E-state index < -0.39 is 24.3 Å². The number of anilines is 2. The highest BCUT2D eigenvalue weighted by Crippen LogP contribution is 2.32. The fourth-order valence-electron chi connectivity index (χ4n) is 2.52. The molecule has 0 saturated heterocycles.